The number of hydrogen-bond donors (Lipinski definition) is 6. The zero-order valence-corrected chi connectivity index (χ0v) is 12.2. The second-order valence-electron chi connectivity index (χ2n) is 5.05. The van der Waals surface area contributed by atoms with Crippen LogP contribution in [0.15, 0.2) is 0 Å². The second-order valence-corrected chi connectivity index (χ2v) is 5.05. The van der Waals surface area contributed by atoms with Gasteiger partial charge in [0.2, 0.25) is 0 Å². The highest BCUT2D eigenvalue weighted by atomic mass is 16.4. The minimum atomic E-state index is -2.74. The van der Waals surface area contributed by atoms with Crippen molar-refractivity contribution >= 4 is 23.9 Å². The van der Waals surface area contributed by atoms with Crippen molar-refractivity contribution in [3.63, 3.8) is 0 Å². The van der Waals surface area contributed by atoms with E-state index in [1.165, 1.54) is 0 Å². The molecule has 0 fully saturated rings. The lowest BCUT2D eigenvalue weighted by atomic mass is 9.96. The molecular formula is C12H21NO9. The first kappa shape index (κ1) is 22.1. The molecule has 1 atom stereocenters. The Labute approximate surface area is 126 Å². The third-order valence-electron chi connectivity index (χ3n) is 2.33. The molecule has 10 heteroatoms. The Morgan fingerprint density at radius 2 is 1.32 bits per heavy atom. The fourth-order valence-electron chi connectivity index (χ4n) is 1.32. The number of carbonyl (C=O) groups is 4. The fraction of sp³-hybridized carbons (Fsp3) is 0.667. The van der Waals surface area contributed by atoms with Crippen LogP contribution in [0.5, 0.6) is 0 Å². The minimum absolute atomic E-state index is 0.357. The van der Waals surface area contributed by atoms with Crippen molar-refractivity contribution in [2.45, 2.75) is 44.8 Å². The molecule has 0 radical (unpaired) electrons. The van der Waals surface area contributed by atoms with Gasteiger partial charge in [0.05, 0.1) is 12.8 Å². The lowest BCUT2D eigenvalue weighted by molar-refractivity contribution is -0.170. The highest BCUT2D eigenvalue weighted by Gasteiger charge is 2.40. The average Bonchev–Trinajstić information content (AvgIpc) is 2.25. The van der Waals surface area contributed by atoms with Crippen LogP contribution in [0.2, 0.25) is 0 Å². The minimum Gasteiger partial charge on any atom is -0.481 e. The summed E-state index contributed by atoms with van der Waals surface area (Å²) in [5.41, 5.74) is 2.48. The quantitative estimate of drug-likeness (QED) is 0.329. The van der Waals surface area contributed by atoms with Gasteiger partial charge < -0.3 is 31.3 Å². The molecule has 0 amide bonds. The zero-order chi connectivity index (χ0) is 18.1. The lowest BCUT2D eigenvalue weighted by Gasteiger charge is -2.18. The van der Waals surface area contributed by atoms with Gasteiger partial charge in [-0.3, -0.25) is 14.4 Å². The summed E-state index contributed by atoms with van der Waals surface area (Å²) in [6, 6.07) is -0.690. The molecule has 0 heterocycles. The number of aliphatic hydroxyl groups is 1. The Kier molecular flexibility index (Phi) is 9.72. The maximum absolute atomic E-state index is 10.3. The number of rotatable bonds is 8. The van der Waals surface area contributed by atoms with Crippen molar-refractivity contribution in [3.8, 4) is 0 Å². The predicted molar refractivity (Wildman–Crippen MR) is 72.2 cm³/mol. The molecule has 128 valence electrons. The van der Waals surface area contributed by atoms with Gasteiger partial charge in [0.25, 0.3) is 0 Å². The van der Waals surface area contributed by atoms with E-state index in [0.717, 1.165) is 0 Å². The number of aliphatic carboxylic acids is 4. The molecule has 0 aromatic heterocycles. The molecule has 22 heavy (non-hydrogen) atoms. The van der Waals surface area contributed by atoms with Gasteiger partial charge in [0, 0.05) is 0 Å². The largest absolute Gasteiger partial charge is 0.481 e. The Hall–Kier alpha value is -2.20. The molecule has 0 saturated heterocycles. The Bertz CT molecular complexity index is 403. The maximum Gasteiger partial charge on any atom is 0.336 e. The average molecular weight is 323 g/mol. The van der Waals surface area contributed by atoms with Gasteiger partial charge in [-0.1, -0.05) is 13.8 Å². The summed E-state index contributed by atoms with van der Waals surface area (Å²) in [7, 11) is 0. The highest BCUT2D eigenvalue weighted by Crippen LogP contribution is 2.15. The predicted octanol–water partition coefficient (Wildman–Crippen LogP) is -0.804. The maximum atomic E-state index is 10.3. The van der Waals surface area contributed by atoms with E-state index in [1.807, 2.05) is 13.8 Å². The molecule has 0 aromatic rings. The number of hydrogen-bond acceptors (Lipinski definition) is 6. The number of carboxylic acids is 4. The third kappa shape index (κ3) is 10.6. The SMILES string of the molecule is CC(C)C[C@@H](N)C(=O)O.O=C(O)CC(O)(CC(=O)O)C(=O)O. The van der Waals surface area contributed by atoms with E-state index in [4.69, 9.17) is 31.3 Å². The fourth-order valence-corrected chi connectivity index (χ4v) is 1.32. The summed E-state index contributed by atoms with van der Waals surface area (Å²) in [6.45, 7) is 3.89. The summed E-state index contributed by atoms with van der Waals surface area (Å²) in [4.78, 5) is 40.6. The molecule has 0 unspecified atom stereocenters. The Balaban J connectivity index is 0. The van der Waals surface area contributed by atoms with Crippen LogP contribution in [0.1, 0.15) is 33.1 Å². The van der Waals surface area contributed by atoms with E-state index >= 15 is 0 Å². The molecule has 0 aromatic carbocycles. The van der Waals surface area contributed by atoms with Crippen LogP contribution in [0, 0.1) is 5.92 Å². The van der Waals surface area contributed by atoms with E-state index in [-0.39, 0.29) is 0 Å². The van der Waals surface area contributed by atoms with E-state index in [1.54, 1.807) is 0 Å². The summed E-state index contributed by atoms with van der Waals surface area (Å²) in [5.74, 6) is -5.57. The van der Waals surface area contributed by atoms with Crippen molar-refractivity contribution in [2.24, 2.45) is 11.7 Å². The summed E-state index contributed by atoms with van der Waals surface area (Å²) in [6.07, 6.45) is -1.74. The van der Waals surface area contributed by atoms with Gasteiger partial charge in [-0.2, -0.15) is 0 Å². The van der Waals surface area contributed by atoms with Crippen molar-refractivity contribution in [3.05, 3.63) is 0 Å². The summed E-state index contributed by atoms with van der Waals surface area (Å²) >= 11 is 0. The van der Waals surface area contributed by atoms with Crippen LogP contribution < -0.4 is 5.73 Å². The van der Waals surface area contributed by atoms with E-state index in [9.17, 15) is 19.2 Å². The topological polar surface area (TPSA) is 195 Å². The molecular weight excluding hydrogens is 302 g/mol. The molecule has 0 saturated carbocycles. The van der Waals surface area contributed by atoms with Crippen LogP contribution in [-0.4, -0.2) is 61.1 Å². The second kappa shape index (κ2) is 9.68. The molecule has 10 nitrogen and oxygen atoms in total. The zero-order valence-electron chi connectivity index (χ0n) is 12.2. The molecule has 0 rings (SSSR count). The molecule has 0 spiro atoms. The summed E-state index contributed by atoms with van der Waals surface area (Å²) in [5, 5.41) is 42.1. The molecule has 0 aliphatic rings. The van der Waals surface area contributed by atoms with E-state index in [2.05, 4.69) is 0 Å². The Morgan fingerprint density at radius 1 is 0.955 bits per heavy atom. The summed E-state index contributed by atoms with van der Waals surface area (Å²) < 4.78 is 0. The third-order valence-corrected chi connectivity index (χ3v) is 2.33. The van der Waals surface area contributed by atoms with E-state index < -0.39 is 48.4 Å². The van der Waals surface area contributed by atoms with Crippen LogP contribution >= 0.6 is 0 Å². The van der Waals surface area contributed by atoms with Gasteiger partial charge in [-0.05, 0) is 12.3 Å². The van der Waals surface area contributed by atoms with Gasteiger partial charge in [0.15, 0.2) is 5.60 Å². The highest BCUT2D eigenvalue weighted by molar-refractivity contribution is 5.88. The van der Waals surface area contributed by atoms with Gasteiger partial charge in [-0.15, -0.1) is 0 Å². The van der Waals surface area contributed by atoms with Crippen LogP contribution in [0.4, 0.5) is 0 Å². The first-order chi connectivity index (χ1) is 9.81. The first-order valence-electron chi connectivity index (χ1n) is 6.19. The molecule has 0 aliphatic carbocycles. The Morgan fingerprint density at radius 3 is 1.45 bits per heavy atom. The van der Waals surface area contributed by atoms with Crippen molar-refractivity contribution < 1.29 is 44.7 Å². The molecule has 0 bridgehead atoms. The number of carboxylic acid groups (broad SMARTS) is 4. The smallest absolute Gasteiger partial charge is 0.336 e. The van der Waals surface area contributed by atoms with Gasteiger partial charge in [-0.25, -0.2) is 4.79 Å². The van der Waals surface area contributed by atoms with Gasteiger partial charge in [0.1, 0.15) is 6.04 Å². The first-order valence-corrected chi connectivity index (χ1v) is 6.19. The molecule has 0 aliphatic heterocycles. The van der Waals surface area contributed by atoms with Crippen molar-refractivity contribution in [1.82, 2.24) is 0 Å². The monoisotopic (exact) mass is 323 g/mol. The normalized spacial score (nSPS) is 12.0. The van der Waals surface area contributed by atoms with Crippen LogP contribution in [-0.2, 0) is 19.2 Å². The molecule has 7 N–H and O–H groups in total. The number of nitrogens with two attached hydrogens (primary N) is 1. The lowest BCUT2D eigenvalue weighted by Crippen LogP contribution is -2.42. The van der Waals surface area contributed by atoms with Gasteiger partial charge >= 0.3 is 23.9 Å². The van der Waals surface area contributed by atoms with E-state index in [0.29, 0.717) is 12.3 Å². The van der Waals surface area contributed by atoms with Crippen LogP contribution in [0.25, 0.3) is 0 Å². The van der Waals surface area contributed by atoms with Crippen molar-refractivity contribution in [1.29, 1.82) is 0 Å². The standard InChI is InChI=1S/C6H13NO2.C6H8O7/c1-4(2)3-5(7)6(8)9;7-3(8)1-6(13,5(11)12)2-4(9)10/h4-5H,3,7H2,1-2H3,(H,8,9);13H,1-2H2,(H,7,8)(H,9,10)(H,11,12)/t5-;/m1./s1. The van der Waals surface area contributed by atoms with Crippen LogP contribution in [0.3, 0.4) is 0 Å². The van der Waals surface area contributed by atoms with Crippen molar-refractivity contribution in [2.75, 3.05) is 0 Å².